The summed E-state index contributed by atoms with van der Waals surface area (Å²) < 4.78 is 0. The Labute approximate surface area is 147 Å². The molecule has 1 aromatic rings. The number of hydrogen-bond donors (Lipinski definition) is 0. The minimum atomic E-state index is 0.243. The molecule has 1 aromatic carbocycles. The number of Topliss-reactive ketones (excluding diaryl/α,β-unsaturated/α-hetero) is 1. The summed E-state index contributed by atoms with van der Waals surface area (Å²) in [4.78, 5) is 15.5. The number of benzene rings is 1. The molecule has 0 N–H and O–H groups in total. The van der Waals surface area contributed by atoms with Crippen LogP contribution in [0.4, 0.5) is 0 Å². The van der Waals surface area contributed by atoms with Crippen molar-refractivity contribution in [1.82, 2.24) is 4.90 Å². The van der Waals surface area contributed by atoms with Gasteiger partial charge >= 0.3 is 0 Å². The van der Waals surface area contributed by atoms with Gasteiger partial charge in [0.15, 0.2) is 5.78 Å². The highest BCUT2D eigenvalue weighted by Crippen LogP contribution is 2.37. The fraction of sp³-hybridized carbons (Fsp3) is 0.682. The third-order valence-corrected chi connectivity index (χ3v) is 6.27. The van der Waals surface area contributed by atoms with E-state index >= 15 is 0 Å². The zero-order chi connectivity index (χ0) is 16.9. The summed E-state index contributed by atoms with van der Waals surface area (Å²) in [5.41, 5.74) is 2.31. The van der Waals surface area contributed by atoms with E-state index in [4.69, 9.17) is 0 Å². The first kappa shape index (κ1) is 17.7. The highest BCUT2D eigenvalue weighted by Gasteiger charge is 2.38. The van der Waals surface area contributed by atoms with Gasteiger partial charge in [-0.2, -0.15) is 0 Å². The van der Waals surface area contributed by atoms with Gasteiger partial charge in [-0.15, -0.1) is 0 Å². The Kier molecular flexibility index (Phi) is 6.10. The molecule has 2 saturated heterocycles. The number of carbonyl (C=O) groups is 1. The van der Waals surface area contributed by atoms with Crippen molar-refractivity contribution in [3.8, 4) is 0 Å². The first-order chi connectivity index (χ1) is 11.7. The number of nitrogens with zero attached hydrogens (tertiary/aromatic N) is 1. The third kappa shape index (κ3) is 4.08. The fourth-order valence-corrected chi connectivity index (χ4v) is 4.66. The second-order valence-corrected chi connectivity index (χ2v) is 7.94. The predicted octanol–water partition coefficient (Wildman–Crippen LogP) is 5.26. The van der Waals surface area contributed by atoms with Crippen LogP contribution < -0.4 is 0 Å². The number of carbonyl (C=O) groups excluding carboxylic acids is 1. The average molecular weight is 328 g/mol. The van der Waals surface area contributed by atoms with Crippen LogP contribution in [0.3, 0.4) is 0 Å². The molecule has 0 aliphatic carbocycles. The molecule has 2 atom stereocenters. The van der Waals surface area contributed by atoms with E-state index < -0.39 is 0 Å². The molecular formula is C22H33NO. The summed E-state index contributed by atoms with van der Waals surface area (Å²) in [6.07, 6.45) is 12.3. The van der Waals surface area contributed by atoms with Gasteiger partial charge in [0.25, 0.3) is 0 Å². The predicted molar refractivity (Wildman–Crippen MR) is 101 cm³/mol. The van der Waals surface area contributed by atoms with E-state index in [2.05, 4.69) is 43.1 Å². The van der Waals surface area contributed by atoms with Crippen molar-refractivity contribution in [2.24, 2.45) is 5.92 Å². The number of unbranched alkanes of at least 4 members (excludes halogenated alkanes) is 3. The number of hydrogen-bond acceptors (Lipinski definition) is 2. The number of fused-ring (bicyclic) bond motifs is 2. The van der Waals surface area contributed by atoms with Crippen LogP contribution in [0.1, 0.15) is 80.6 Å². The lowest BCUT2D eigenvalue weighted by atomic mass is 9.76. The summed E-state index contributed by atoms with van der Waals surface area (Å²) in [5.74, 6) is 0.629. The van der Waals surface area contributed by atoms with Gasteiger partial charge in [-0.05, 0) is 51.1 Å². The van der Waals surface area contributed by atoms with Gasteiger partial charge in [0.05, 0.1) is 0 Å². The van der Waals surface area contributed by atoms with E-state index in [-0.39, 0.29) is 5.92 Å². The number of rotatable bonds is 7. The minimum Gasteiger partial charge on any atom is -0.300 e. The van der Waals surface area contributed by atoms with Crippen molar-refractivity contribution in [2.75, 3.05) is 7.05 Å². The molecule has 2 aliphatic rings. The number of piperidine rings is 2. The lowest BCUT2D eigenvalue weighted by molar-refractivity contribution is 0.0338. The van der Waals surface area contributed by atoms with Crippen LogP contribution >= 0.6 is 0 Å². The number of aryl methyl sites for hydroxylation is 1. The minimum absolute atomic E-state index is 0.243. The molecule has 2 fully saturated rings. The molecular weight excluding hydrogens is 294 g/mol. The van der Waals surface area contributed by atoms with E-state index in [1.54, 1.807) is 0 Å². The Hall–Kier alpha value is -1.15. The molecule has 2 nitrogen and oxygen atoms in total. The van der Waals surface area contributed by atoms with E-state index in [0.717, 1.165) is 24.8 Å². The zero-order valence-corrected chi connectivity index (χ0v) is 15.5. The van der Waals surface area contributed by atoms with Gasteiger partial charge in [0, 0.05) is 23.6 Å². The second-order valence-electron chi connectivity index (χ2n) is 7.94. The van der Waals surface area contributed by atoms with Crippen LogP contribution in [0.5, 0.6) is 0 Å². The standard InChI is InChI=1S/C22H33NO/c1-3-4-5-6-8-17-11-13-18(14-12-17)22(24)19-15-20-9-7-10-21(16-19)23(20)2/h11-14,19-21H,3-10,15-16H2,1-2H3. The Morgan fingerprint density at radius 3 is 2.33 bits per heavy atom. The molecule has 0 aromatic heterocycles. The number of ketones is 1. The Morgan fingerprint density at radius 2 is 1.71 bits per heavy atom. The molecule has 2 heteroatoms. The molecule has 0 spiro atoms. The van der Waals surface area contributed by atoms with Crippen molar-refractivity contribution in [3.63, 3.8) is 0 Å². The van der Waals surface area contributed by atoms with E-state index in [1.165, 1.54) is 50.5 Å². The SMILES string of the molecule is CCCCCCc1ccc(C(=O)C2CC3CCCC(C2)N3C)cc1. The summed E-state index contributed by atoms with van der Waals surface area (Å²) in [5, 5.41) is 0. The van der Waals surface area contributed by atoms with Gasteiger partial charge in [0.1, 0.15) is 0 Å². The average Bonchev–Trinajstić information content (AvgIpc) is 2.58. The molecule has 2 bridgehead atoms. The highest BCUT2D eigenvalue weighted by atomic mass is 16.1. The maximum absolute atomic E-state index is 12.9. The first-order valence-electron chi connectivity index (χ1n) is 10.0. The van der Waals surface area contributed by atoms with Crippen molar-refractivity contribution >= 4 is 5.78 Å². The van der Waals surface area contributed by atoms with Crippen molar-refractivity contribution in [1.29, 1.82) is 0 Å². The molecule has 24 heavy (non-hydrogen) atoms. The smallest absolute Gasteiger partial charge is 0.166 e. The van der Waals surface area contributed by atoms with Crippen LogP contribution in [-0.4, -0.2) is 29.8 Å². The first-order valence-corrected chi connectivity index (χ1v) is 10.0. The maximum Gasteiger partial charge on any atom is 0.166 e. The monoisotopic (exact) mass is 327 g/mol. The van der Waals surface area contributed by atoms with Crippen LogP contribution in [-0.2, 0) is 6.42 Å². The van der Waals surface area contributed by atoms with Crippen molar-refractivity contribution < 1.29 is 4.79 Å². The second kappa shape index (κ2) is 8.29. The molecule has 2 aliphatic heterocycles. The summed E-state index contributed by atoms with van der Waals surface area (Å²) >= 11 is 0. The van der Waals surface area contributed by atoms with Gasteiger partial charge in [0.2, 0.25) is 0 Å². The molecule has 2 heterocycles. The normalized spacial score (nSPS) is 27.2. The summed E-state index contributed by atoms with van der Waals surface area (Å²) in [7, 11) is 2.25. The molecule has 0 radical (unpaired) electrons. The zero-order valence-electron chi connectivity index (χ0n) is 15.5. The van der Waals surface area contributed by atoms with E-state index in [0.29, 0.717) is 17.9 Å². The quantitative estimate of drug-likeness (QED) is 0.503. The molecule has 132 valence electrons. The van der Waals surface area contributed by atoms with E-state index in [1.807, 2.05) is 0 Å². The van der Waals surface area contributed by atoms with Crippen LogP contribution in [0.25, 0.3) is 0 Å². The molecule has 3 rings (SSSR count). The van der Waals surface area contributed by atoms with Crippen LogP contribution in [0.15, 0.2) is 24.3 Å². The van der Waals surface area contributed by atoms with Crippen molar-refractivity contribution in [2.45, 2.75) is 83.2 Å². The van der Waals surface area contributed by atoms with Gasteiger partial charge in [-0.3, -0.25) is 4.79 Å². The topological polar surface area (TPSA) is 20.3 Å². The lowest BCUT2D eigenvalue weighted by Gasteiger charge is -2.46. The third-order valence-electron chi connectivity index (χ3n) is 6.27. The Morgan fingerprint density at radius 1 is 1.04 bits per heavy atom. The fourth-order valence-electron chi connectivity index (χ4n) is 4.66. The molecule has 0 saturated carbocycles. The van der Waals surface area contributed by atoms with Gasteiger partial charge in [-0.25, -0.2) is 0 Å². The van der Waals surface area contributed by atoms with E-state index in [9.17, 15) is 4.79 Å². The summed E-state index contributed by atoms with van der Waals surface area (Å²) in [6.45, 7) is 2.25. The van der Waals surface area contributed by atoms with Crippen LogP contribution in [0, 0.1) is 5.92 Å². The van der Waals surface area contributed by atoms with Gasteiger partial charge in [-0.1, -0.05) is 56.9 Å². The maximum atomic E-state index is 12.9. The van der Waals surface area contributed by atoms with Crippen LogP contribution in [0.2, 0.25) is 0 Å². The lowest BCUT2D eigenvalue weighted by Crippen LogP contribution is -2.51. The molecule has 2 unspecified atom stereocenters. The largest absolute Gasteiger partial charge is 0.300 e. The van der Waals surface area contributed by atoms with Gasteiger partial charge < -0.3 is 4.90 Å². The van der Waals surface area contributed by atoms with Crippen molar-refractivity contribution in [3.05, 3.63) is 35.4 Å². The Bertz CT molecular complexity index is 521. The Balaban J connectivity index is 1.57. The molecule has 0 amide bonds. The highest BCUT2D eigenvalue weighted by molar-refractivity contribution is 5.98. The summed E-state index contributed by atoms with van der Waals surface area (Å²) in [6, 6.07) is 9.76.